The highest BCUT2D eigenvalue weighted by Crippen LogP contribution is 2.32. The monoisotopic (exact) mass is 338 g/mol. The minimum Gasteiger partial charge on any atom is -0.495 e. The van der Waals surface area contributed by atoms with E-state index in [1.807, 2.05) is 29.2 Å². The Hall–Kier alpha value is -2.49. The molecule has 0 radical (unpaired) electrons. The lowest BCUT2D eigenvalue weighted by molar-refractivity contribution is 0.189. The van der Waals surface area contributed by atoms with Gasteiger partial charge in [-0.15, -0.1) is 0 Å². The van der Waals surface area contributed by atoms with Gasteiger partial charge in [0.05, 0.1) is 18.8 Å². The number of methoxy groups -OCH3 is 1. The van der Waals surface area contributed by atoms with Crippen LogP contribution < -0.4 is 10.1 Å². The minimum atomic E-state index is -0.0575. The second kappa shape index (κ2) is 8.06. The lowest BCUT2D eigenvalue weighted by atomic mass is 9.99. The molecule has 0 aromatic heterocycles. The molecule has 1 atom stereocenters. The molecule has 1 aliphatic rings. The largest absolute Gasteiger partial charge is 0.495 e. The fourth-order valence-electron chi connectivity index (χ4n) is 3.51. The van der Waals surface area contributed by atoms with Gasteiger partial charge in [0.15, 0.2) is 0 Å². The Kier molecular flexibility index (Phi) is 5.59. The molecule has 0 aliphatic carbocycles. The minimum absolute atomic E-state index is 0.0575. The number of ether oxygens (including phenoxy) is 1. The molecule has 1 fully saturated rings. The zero-order chi connectivity index (χ0) is 17.6. The Morgan fingerprint density at radius 3 is 2.76 bits per heavy atom. The molecule has 25 heavy (non-hydrogen) atoms. The predicted molar refractivity (Wildman–Crippen MR) is 101 cm³/mol. The van der Waals surface area contributed by atoms with Gasteiger partial charge < -0.3 is 15.0 Å². The Balaban J connectivity index is 1.84. The number of likely N-dealkylation sites (tertiary alicyclic amines) is 1. The molecule has 1 unspecified atom stereocenters. The van der Waals surface area contributed by atoms with E-state index >= 15 is 0 Å². The van der Waals surface area contributed by atoms with Crippen molar-refractivity contribution >= 4 is 11.7 Å². The Morgan fingerprint density at radius 2 is 1.96 bits per heavy atom. The maximum Gasteiger partial charge on any atom is 0.322 e. The Bertz CT molecular complexity index is 729. The van der Waals surface area contributed by atoms with E-state index in [9.17, 15) is 4.79 Å². The topological polar surface area (TPSA) is 41.6 Å². The molecule has 4 heteroatoms. The first-order valence-electron chi connectivity index (χ1n) is 8.96. The summed E-state index contributed by atoms with van der Waals surface area (Å²) in [6, 6.07) is 16.1. The first-order valence-corrected chi connectivity index (χ1v) is 8.96. The lowest BCUT2D eigenvalue weighted by Crippen LogP contribution is -2.38. The molecular formula is C21H26N2O2. The molecule has 2 aromatic carbocycles. The van der Waals surface area contributed by atoms with Crippen molar-refractivity contribution in [3.05, 3.63) is 59.7 Å². The number of hydrogen-bond donors (Lipinski definition) is 1. The van der Waals surface area contributed by atoms with Gasteiger partial charge in [0.2, 0.25) is 0 Å². The summed E-state index contributed by atoms with van der Waals surface area (Å²) in [4.78, 5) is 15.0. The van der Waals surface area contributed by atoms with Crippen molar-refractivity contribution in [3.63, 3.8) is 0 Å². The van der Waals surface area contributed by atoms with Crippen molar-refractivity contribution in [1.29, 1.82) is 0 Å². The van der Waals surface area contributed by atoms with E-state index < -0.39 is 0 Å². The molecule has 0 saturated carbocycles. The van der Waals surface area contributed by atoms with Crippen LogP contribution >= 0.6 is 0 Å². The summed E-state index contributed by atoms with van der Waals surface area (Å²) >= 11 is 0. The SMILES string of the molecule is COc1ccccc1NC(=O)N1CCCCCC1c1cccc(C)c1. The van der Waals surface area contributed by atoms with Crippen LogP contribution in [0.1, 0.15) is 42.9 Å². The zero-order valence-corrected chi connectivity index (χ0v) is 15.0. The molecule has 1 saturated heterocycles. The standard InChI is InChI=1S/C21H26N2O2/c1-16-9-8-10-17(15-16)19-12-4-3-7-14-23(19)21(24)22-18-11-5-6-13-20(18)25-2/h5-6,8-11,13,15,19H,3-4,7,12,14H2,1-2H3,(H,22,24). The highest BCUT2D eigenvalue weighted by Gasteiger charge is 2.27. The van der Waals surface area contributed by atoms with Crippen LogP contribution in [-0.2, 0) is 0 Å². The van der Waals surface area contributed by atoms with Gasteiger partial charge in [-0.1, -0.05) is 54.8 Å². The fraction of sp³-hybridized carbons (Fsp3) is 0.381. The van der Waals surface area contributed by atoms with E-state index in [4.69, 9.17) is 4.74 Å². The van der Waals surface area contributed by atoms with E-state index in [1.54, 1.807) is 7.11 Å². The predicted octanol–water partition coefficient (Wildman–Crippen LogP) is 5.15. The number of aryl methyl sites for hydroxylation is 1. The van der Waals surface area contributed by atoms with Crippen LogP contribution in [0.25, 0.3) is 0 Å². The van der Waals surface area contributed by atoms with Crippen molar-refractivity contribution < 1.29 is 9.53 Å². The maximum atomic E-state index is 13.0. The number of rotatable bonds is 3. The molecule has 1 N–H and O–H groups in total. The van der Waals surface area contributed by atoms with Gasteiger partial charge in [0.1, 0.15) is 5.75 Å². The van der Waals surface area contributed by atoms with Crippen LogP contribution in [0.3, 0.4) is 0 Å². The molecule has 2 aromatic rings. The number of carbonyl (C=O) groups excluding carboxylic acids is 1. The fourth-order valence-corrected chi connectivity index (χ4v) is 3.51. The molecule has 1 aliphatic heterocycles. The number of amides is 2. The Labute approximate surface area is 149 Å². The quantitative estimate of drug-likeness (QED) is 0.840. The summed E-state index contributed by atoms with van der Waals surface area (Å²) < 4.78 is 5.35. The van der Waals surface area contributed by atoms with Gasteiger partial charge in [0, 0.05) is 6.54 Å². The van der Waals surface area contributed by atoms with Gasteiger partial charge in [-0.2, -0.15) is 0 Å². The van der Waals surface area contributed by atoms with Crippen molar-refractivity contribution in [3.8, 4) is 5.75 Å². The first kappa shape index (κ1) is 17.3. The maximum absolute atomic E-state index is 13.0. The third-order valence-electron chi connectivity index (χ3n) is 4.79. The average molecular weight is 338 g/mol. The van der Waals surface area contributed by atoms with E-state index in [0.29, 0.717) is 11.4 Å². The third-order valence-corrected chi connectivity index (χ3v) is 4.79. The second-order valence-electron chi connectivity index (χ2n) is 6.60. The van der Waals surface area contributed by atoms with E-state index in [2.05, 4.69) is 36.5 Å². The summed E-state index contributed by atoms with van der Waals surface area (Å²) in [6.07, 6.45) is 4.36. The van der Waals surface area contributed by atoms with Crippen LogP contribution in [0.15, 0.2) is 48.5 Å². The average Bonchev–Trinajstić information content (AvgIpc) is 2.88. The van der Waals surface area contributed by atoms with Crippen molar-refractivity contribution in [2.24, 2.45) is 0 Å². The number of nitrogens with one attached hydrogen (secondary N) is 1. The van der Waals surface area contributed by atoms with Crippen LogP contribution in [0.5, 0.6) is 5.75 Å². The van der Waals surface area contributed by atoms with Gasteiger partial charge in [-0.3, -0.25) is 0 Å². The van der Waals surface area contributed by atoms with Crippen molar-refractivity contribution in [1.82, 2.24) is 4.90 Å². The molecule has 4 nitrogen and oxygen atoms in total. The van der Waals surface area contributed by atoms with E-state index in [1.165, 1.54) is 17.5 Å². The molecule has 3 rings (SSSR count). The molecule has 132 valence electrons. The van der Waals surface area contributed by atoms with Gasteiger partial charge in [-0.05, 0) is 37.5 Å². The number of benzene rings is 2. The lowest BCUT2D eigenvalue weighted by Gasteiger charge is -2.31. The Morgan fingerprint density at radius 1 is 1.12 bits per heavy atom. The summed E-state index contributed by atoms with van der Waals surface area (Å²) in [5.41, 5.74) is 3.16. The molecule has 0 bridgehead atoms. The second-order valence-corrected chi connectivity index (χ2v) is 6.60. The summed E-state index contributed by atoms with van der Waals surface area (Å²) in [7, 11) is 1.62. The summed E-state index contributed by atoms with van der Waals surface area (Å²) in [5.74, 6) is 0.678. The highest BCUT2D eigenvalue weighted by molar-refractivity contribution is 5.91. The van der Waals surface area contributed by atoms with Crippen molar-refractivity contribution in [2.75, 3.05) is 19.0 Å². The first-order chi connectivity index (χ1) is 12.2. The number of nitrogens with zero attached hydrogens (tertiary/aromatic N) is 1. The highest BCUT2D eigenvalue weighted by atomic mass is 16.5. The van der Waals surface area contributed by atoms with Crippen LogP contribution in [0.2, 0.25) is 0 Å². The van der Waals surface area contributed by atoms with Crippen LogP contribution in [0, 0.1) is 6.92 Å². The number of para-hydroxylation sites is 2. The van der Waals surface area contributed by atoms with Crippen LogP contribution in [0.4, 0.5) is 10.5 Å². The molecule has 0 spiro atoms. The number of anilines is 1. The zero-order valence-electron chi connectivity index (χ0n) is 15.0. The smallest absolute Gasteiger partial charge is 0.322 e. The van der Waals surface area contributed by atoms with E-state index in [0.717, 1.165) is 25.8 Å². The van der Waals surface area contributed by atoms with Crippen molar-refractivity contribution in [2.45, 2.75) is 38.6 Å². The van der Waals surface area contributed by atoms with Gasteiger partial charge >= 0.3 is 6.03 Å². The number of urea groups is 1. The number of hydrogen-bond acceptors (Lipinski definition) is 2. The molecule has 1 heterocycles. The molecule has 2 amide bonds. The normalized spacial score (nSPS) is 17.7. The van der Waals surface area contributed by atoms with E-state index in [-0.39, 0.29) is 12.1 Å². The third kappa shape index (κ3) is 4.13. The van der Waals surface area contributed by atoms with Crippen LogP contribution in [-0.4, -0.2) is 24.6 Å². The molecular weight excluding hydrogens is 312 g/mol. The summed E-state index contributed by atoms with van der Waals surface area (Å²) in [6.45, 7) is 2.87. The van der Waals surface area contributed by atoms with Gasteiger partial charge in [0.25, 0.3) is 0 Å². The number of carbonyl (C=O) groups is 1. The summed E-state index contributed by atoms with van der Waals surface area (Å²) in [5, 5.41) is 3.04. The van der Waals surface area contributed by atoms with Gasteiger partial charge in [-0.25, -0.2) is 4.79 Å².